The van der Waals surface area contributed by atoms with Crippen LogP contribution in [0.25, 0.3) is 0 Å². The van der Waals surface area contributed by atoms with E-state index in [9.17, 15) is 19.2 Å². The van der Waals surface area contributed by atoms with Gasteiger partial charge in [-0.25, -0.2) is 0 Å². The molecule has 64 heavy (non-hydrogen) atoms. The first-order valence-corrected chi connectivity index (χ1v) is 22.9. The van der Waals surface area contributed by atoms with Gasteiger partial charge in [-0.15, -0.1) is 23.5 Å². The summed E-state index contributed by atoms with van der Waals surface area (Å²) in [5, 5.41) is -0.922. The number of thioether (sulfide) groups is 2. The fourth-order valence-electron chi connectivity index (χ4n) is 7.46. The third-order valence-electron chi connectivity index (χ3n) is 10.8. The van der Waals surface area contributed by atoms with E-state index >= 15 is 0 Å². The molecule has 334 valence electrons. The summed E-state index contributed by atoms with van der Waals surface area (Å²) in [6.45, 7) is 5.58. The molecule has 0 bridgehead atoms. The Balaban J connectivity index is 0.967. The Hall–Kier alpha value is -5.80. The van der Waals surface area contributed by atoms with Crippen LogP contribution in [0.5, 0.6) is 11.5 Å². The highest BCUT2D eigenvalue weighted by atomic mass is 32.2. The van der Waals surface area contributed by atoms with Crippen molar-refractivity contribution >= 4 is 58.7 Å². The SMILES string of the molecule is CC(=O)O[C@@H]1C(=O)N(CCN(C)C)c2ccccc2S[C@H]1c1ccc(OCc2ccc(COc3ccc([C@@H]4Sc5ccccc5N(CCN(C)C)C(=O)[C@H]4OC(C)=O)cc3)cc2)cc1. The normalized spacial score (nSPS) is 18.5. The molecular weight excluding hydrogens is 849 g/mol. The minimum atomic E-state index is -1.01. The summed E-state index contributed by atoms with van der Waals surface area (Å²) >= 11 is 3.04. The largest absolute Gasteiger partial charge is 0.489 e. The molecule has 0 saturated heterocycles. The van der Waals surface area contributed by atoms with Crippen LogP contribution in [0.4, 0.5) is 11.4 Å². The van der Waals surface area contributed by atoms with Gasteiger partial charge in [0.1, 0.15) is 24.7 Å². The van der Waals surface area contributed by atoms with Gasteiger partial charge >= 0.3 is 11.9 Å². The van der Waals surface area contributed by atoms with Gasteiger partial charge < -0.3 is 38.5 Å². The Morgan fingerprint density at radius 1 is 0.531 bits per heavy atom. The molecule has 4 atom stereocenters. The molecule has 2 amide bonds. The Kier molecular flexibility index (Phi) is 15.3. The Morgan fingerprint density at radius 3 is 1.23 bits per heavy atom. The Bertz CT molecular complexity index is 2240. The van der Waals surface area contributed by atoms with Crippen LogP contribution in [0.15, 0.2) is 131 Å². The molecule has 0 fully saturated rings. The van der Waals surface area contributed by atoms with E-state index in [1.165, 1.54) is 37.4 Å². The van der Waals surface area contributed by atoms with Gasteiger partial charge in [-0.05, 0) is 99.0 Å². The highest BCUT2D eigenvalue weighted by molar-refractivity contribution is 8.00. The number of amides is 2. The molecule has 0 spiro atoms. The van der Waals surface area contributed by atoms with Crippen molar-refractivity contribution in [2.75, 3.05) is 64.2 Å². The Labute approximate surface area is 383 Å². The van der Waals surface area contributed by atoms with Gasteiger partial charge in [0, 0.05) is 49.8 Å². The molecule has 0 aliphatic carbocycles. The molecule has 2 heterocycles. The van der Waals surface area contributed by atoms with Crippen LogP contribution in [0, 0.1) is 0 Å². The van der Waals surface area contributed by atoms with Crippen molar-refractivity contribution in [3.63, 3.8) is 0 Å². The number of carbonyl (C=O) groups excluding carboxylic acids is 4. The van der Waals surface area contributed by atoms with E-state index in [4.69, 9.17) is 18.9 Å². The number of likely N-dealkylation sites (N-methyl/N-ethyl adjacent to an activating group) is 2. The van der Waals surface area contributed by atoms with E-state index in [-0.39, 0.29) is 11.8 Å². The quantitative estimate of drug-likeness (QED) is 0.0889. The van der Waals surface area contributed by atoms with Gasteiger partial charge in [-0.1, -0.05) is 72.8 Å². The van der Waals surface area contributed by atoms with Crippen molar-refractivity contribution in [1.29, 1.82) is 0 Å². The monoisotopic (exact) mass is 902 g/mol. The molecule has 14 heteroatoms. The number of nitrogens with zero attached hydrogens (tertiary/aromatic N) is 4. The average Bonchev–Trinajstić information content (AvgIpc) is 3.47. The van der Waals surface area contributed by atoms with Crippen LogP contribution in [0.3, 0.4) is 0 Å². The van der Waals surface area contributed by atoms with Gasteiger partial charge in [-0.3, -0.25) is 19.2 Å². The average molecular weight is 903 g/mol. The number of ether oxygens (including phenoxy) is 4. The fraction of sp³-hybridized carbons (Fsp3) is 0.320. The number of rotatable bonds is 16. The van der Waals surface area contributed by atoms with Crippen molar-refractivity contribution in [1.82, 2.24) is 9.80 Å². The van der Waals surface area contributed by atoms with Crippen LogP contribution >= 0.6 is 23.5 Å². The van der Waals surface area contributed by atoms with Gasteiger partial charge in [0.15, 0.2) is 12.2 Å². The summed E-state index contributed by atoms with van der Waals surface area (Å²) in [5.74, 6) is -0.189. The van der Waals surface area contributed by atoms with E-state index in [2.05, 4.69) is 0 Å². The van der Waals surface area contributed by atoms with Gasteiger partial charge in [0.05, 0.1) is 21.9 Å². The van der Waals surface area contributed by atoms with Crippen LogP contribution in [0.1, 0.15) is 46.6 Å². The molecule has 12 nitrogen and oxygen atoms in total. The van der Waals surface area contributed by atoms with Crippen LogP contribution < -0.4 is 19.3 Å². The zero-order chi connectivity index (χ0) is 45.3. The number of hydrogen-bond acceptors (Lipinski definition) is 12. The van der Waals surface area contributed by atoms with Gasteiger partial charge in [0.25, 0.3) is 11.8 Å². The maximum absolute atomic E-state index is 14.1. The molecule has 5 aromatic rings. The third kappa shape index (κ3) is 11.5. The number of carbonyl (C=O) groups is 4. The van der Waals surface area contributed by atoms with Crippen LogP contribution in [-0.4, -0.2) is 100 Å². The maximum Gasteiger partial charge on any atom is 0.303 e. The Morgan fingerprint density at radius 2 is 0.891 bits per heavy atom. The number of fused-ring (bicyclic) bond motifs is 2. The van der Waals surface area contributed by atoms with E-state index < -0.39 is 34.6 Å². The van der Waals surface area contributed by atoms with Gasteiger partial charge in [0.2, 0.25) is 0 Å². The number of anilines is 2. The molecule has 0 saturated carbocycles. The third-order valence-corrected chi connectivity index (χ3v) is 13.5. The predicted molar refractivity (Wildman–Crippen MR) is 251 cm³/mol. The summed E-state index contributed by atoms with van der Waals surface area (Å²) in [7, 11) is 7.84. The molecule has 7 rings (SSSR count). The lowest BCUT2D eigenvalue weighted by atomic mass is 10.1. The lowest BCUT2D eigenvalue weighted by Crippen LogP contribution is -2.45. The number of hydrogen-bond donors (Lipinski definition) is 0. The molecule has 0 aromatic heterocycles. The van der Waals surface area contributed by atoms with Crippen LogP contribution in [-0.2, 0) is 41.9 Å². The second-order valence-electron chi connectivity index (χ2n) is 16.2. The van der Waals surface area contributed by atoms with E-state index in [1.807, 2.05) is 159 Å². The fourth-order valence-corrected chi connectivity index (χ4v) is 10.1. The zero-order valence-corrected chi connectivity index (χ0v) is 38.6. The number of benzene rings is 5. The summed E-state index contributed by atoms with van der Waals surface area (Å²) in [6, 6.07) is 38.8. The van der Waals surface area contributed by atoms with E-state index in [1.54, 1.807) is 9.80 Å². The highest BCUT2D eigenvalue weighted by Gasteiger charge is 2.42. The topological polar surface area (TPSA) is 118 Å². The first kappa shape index (κ1) is 46.2. The summed E-state index contributed by atoms with van der Waals surface area (Å²) in [5.41, 5.74) is 5.26. The second kappa shape index (κ2) is 21.3. The standard InChI is InChI=1S/C50H54N4O8S2/c1-33(55)61-45-47(63-43-13-9-7-11-41(43)53(49(45)57)29-27-51(3)4)37-19-23-39(24-20-37)59-31-35-15-17-36(18-16-35)32-60-40-25-21-38(22-26-40)48-46(62-34(2)56)50(58)54(30-28-52(5)6)42-12-8-10-14-44(42)64-48/h7-26,45-48H,27-32H2,1-6H3/t45-,46-,47-,48-/m0/s1. The molecular formula is C50H54N4O8S2. The summed E-state index contributed by atoms with van der Waals surface area (Å²) in [6.07, 6.45) is -2.01. The number of esters is 2. The van der Waals surface area contributed by atoms with Crippen molar-refractivity contribution < 1.29 is 38.1 Å². The second-order valence-corrected chi connectivity index (χ2v) is 18.6. The molecule has 2 aliphatic rings. The lowest BCUT2D eigenvalue weighted by Gasteiger charge is -2.28. The summed E-state index contributed by atoms with van der Waals surface area (Å²) in [4.78, 5) is 62.1. The minimum Gasteiger partial charge on any atom is -0.489 e. The zero-order valence-electron chi connectivity index (χ0n) is 37.0. The summed E-state index contributed by atoms with van der Waals surface area (Å²) < 4.78 is 23.8. The molecule has 0 radical (unpaired) electrons. The first-order valence-electron chi connectivity index (χ1n) is 21.2. The van der Waals surface area contributed by atoms with Crippen molar-refractivity contribution in [2.45, 2.75) is 59.6 Å². The number of para-hydroxylation sites is 2. The van der Waals surface area contributed by atoms with Crippen molar-refractivity contribution in [3.8, 4) is 11.5 Å². The van der Waals surface area contributed by atoms with Crippen molar-refractivity contribution in [2.24, 2.45) is 0 Å². The highest BCUT2D eigenvalue weighted by Crippen LogP contribution is 2.48. The molecule has 0 N–H and O–H groups in total. The maximum atomic E-state index is 14.1. The molecule has 2 aliphatic heterocycles. The van der Waals surface area contributed by atoms with E-state index in [0.717, 1.165) is 43.4 Å². The van der Waals surface area contributed by atoms with Crippen molar-refractivity contribution in [3.05, 3.63) is 144 Å². The first-order chi connectivity index (χ1) is 30.8. The molecule has 0 unspecified atom stereocenters. The van der Waals surface area contributed by atoms with Gasteiger partial charge in [-0.2, -0.15) is 0 Å². The van der Waals surface area contributed by atoms with E-state index in [0.29, 0.717) is 50.9 Å². The lowest BCUT2D eigenvalue weighted by molar-refractivity contribution is -0.153. The smallest absolute Gasteiger partial charge is 0.303 e. The minimum absolute atomic E-state index is 0.250. The van der Waals surface area contributed by atoms with Crippen LogP contribution in [0.2, 0.25) is 0 Å². The predicted octanol–water partition coefficient (Wildman–Crippen LogP) is 8.19. The molecule has 5 aromatic carbocycles.